The molecule has 0 bridgehead atoms. The van der Waals surface area contributed by atoms with Crippen molar-refractivity contribution in [2.75, 3.05) is 18.0 Å². The summed E-state index contributed by atoms with van der Waals surface area (Å²) in [5.41, 5.74) is 2.48. The van der Waals surface area contributed by atoms with Gasteiger partial charge in [-0.2, -0.15) is 0 Å². The molecule has 16 heavy (non-hydrogen) atoms. The van der Waals surface area contributed by atoms with Crippen LogP contribution >= 0.6 is 27.5 Å². The summed E-state index contributed by atoms with van der Waals surface area (Å²) in [6.45, 7) is 6.54. The smallest absolute Gasteiger partial charge is 0.0494 e. The van der Waals surface area contributed by atoms with Crippen molar-refractivity contribution >= 4 is 33.2 Å². The van der Waals surface area contributed by atoms with Crippen molar-refractivity contribution in [3.8, 4) is 0 Å². The molecule has 1 aromatic carbocycles. The van der Waals surface area contributed by atoms with Gasteiger partial charge in [0.1, 0.15) is 0 Å². The summed E-state index contributed by atoms with van der Waals surface area (Å²) in [5.74, 6) is 0.575. The first-order chi connectivity index (χ1) is 7.72. The van der Waals surface area contributed by atoms with Gasteiger partial charge in [-0.25, -0.2) is 0 Å². The van der Waals surface area contributed by atoms with Crippen molar-refractivity contribution in [1.82, 2.24) is 0 Å². The summed E-state index contributed by atoms with van der Waals surface area (Å²) in [6.07, 6.45) is 2.45. The molecule has 3 heteroatoms. The van der Waals surface area contributed by atoms with Crippen molar-refractivity contribution in [1.29, 1.82) is 0 Å². The van der Waals surface area contributed by atoms with Crippen LogP contribution in [0.1, 0.15) is 32.3 Å². The van der Waals surface area contributed by atoms with Gasteiger partial charge in [0.05, 0.1) is 0 Å². The predicted octanol–water partition coefficient (Wildman–Crippen LogP) is 4.81. The number of hydrogen-bond acceptors (Lipinski definition) is 1. The van der Waals surface area contributed by atoms with E-state index < -0.39 is 0 Å². The third kappa shape index (κ3) is 3.67. The highest BCUT2D eigenvalue weighted by molar-refractivity contribution is 9.10. The molecule has 0 fully saturated rings. The summed E-state index contributed by atoms with van der Waals surface area (Å²) < 4.78 is 1.12. The molecule has 0 aliphatic rings. The minimum Gasteiger partial charge on any atom is -0.372 e. The number of benzene rings is 1. The van der Waals surface area contributed by atoms with E-state index in [0.717, 1.165) is 17.6 Å². The van der Waals surface area contributed by atoms with E-state index in [9.17, 15) is 0 Å². The van der Waals surface area contributed by atoms with Crippen LogP contribution < -0.4 is 4.90 Å². The second kappa shape index (κ2) is 7.18. The van der Waals surface area contributed by atoms with E-state index in [1.165, 1.54) is 24.1 Å². The predicted molar refractivity (Wildman–Crippen MR) is 76.5 cm³/mol. The summed E-state index contributed by atoms with van der Waals surface area (Å²) in [4.78, 5) is 2.39. The first kappa shape index (κ1) is 13.9. The van der Waals surface area contributed by atoms with E-state index in [0.29, 0.717) is 5.88 Å². The Morgan fingerprint density at radius 2 is 2.06 bits per heavy atom. The Labute approximate surface area is 112 Å². The SMILES string of the molecule is CCCCN(CC)c1cc(Br)ccc1CCl. The standard InChI is InChI=1S/C13H19BrClN/c1-3-5-8-16(4-2)13-9-12(14)7-6-11(13)10-15/h6-7,9H,3-5,8,10H2,1-2H3. The van der Waals surface area contributed by atoms with Crippen LogP contribution in [0.4, 0.5) is 5.69 Å². The van der Waals surface area contributed by atoms with Crippen molar-refractivity contribution < 1.29 is 0 Å². The topological polar surface area (TPSA) is 3.24 Å². The fraction of sp³-hybridized carbons (Fsp3) is 0.538. The van der Waals surface area contributed by atoms with Crippen molar-refractivity contribution in [3.05, 3.63) is 28.2 Å². The zero-order valence-electron chi connectivity index (χ0n) is 9.97. The Kier molecular flexibility index (Phi) is 6.22. The molecule has 0 aliphatic carbocycles. The first-order valence-electron chi connectivity index (χ1n) is 5.82. The Morgan fingerprint density at radius 1 is 1.31 bits per heavy atom. The van der Waals surface area contributed by atoms with Crippen LogP contribution in [-0.2, 0) is 5.88 Å². The van der Waals surface area contributed by atoms with Gasteiger partial charge in [0.15, 0.2) is 0 Å². The van der Waals surface area contributed by atoms with Gasteiger partial charge in [-0.3, -0.25) is 0 Å². The Bertz CT molecular complexity index is 328. The minimum absolute atomic E-state index is 0.575. The molecule has 0 saturated heterocycles. The number of hydrogen-bond donors (Lipinski definition) is 0. The summed E-state index contributed by atoms with van der Waals surface area (Å²) in [7, 11) is 0. The maximum absolute atomic E-state index is 5.98. The van der Waals surface area contributed by atoms with Crippen LogP contribution in [0.15, 0.2) is 22.7 Å². The van der Waals surface area contributed by atoms with Gasteiger partial charge in [0.25, 0.3) is 0 Å². The molecular weight excluding hydrogens is 286 g/mol. The van der Waals surface area contributed by atoms with Crippen LogP contribution in [-0.4, -0.2) is 13.1 Å². The molecule has 0 aliphatic heterocycles. The van der Waals surface area contributed by atoms with Gasteiger partial charge in [0, 0.05) is 29.1 Å². The largest absolute Gasteiger partial charge is 0.372 e. The zero-order chi connectivity index (χ0) is 12.0. The lowest BCUT2D eigenvalue weighted by atomic mass is 10.1. The monoisotopic (exact) mass is 303 g/mol. The molecule has 0 heterocycles. The second-order valence-corrected chi connectivity index (χ2v) is 5.02. The maximum Gasteiger partial charge on any atom is 0.0494 e. The highest BCUT2D eigenvalue weighted by Gasteiger charge is 2.09. The van der Waals surface area contributed by atoms with E-state index in [4.69, 9.17) is 11.6 Å². The van der Waals surface area contributed by atoms with E-state index in [1.54, 1.807) is 0 Å². The molecule has 0 unspecified atom stereocenters. The van der Waals surface area contributed by atoms with Crippen LogP contribution in [0.25, 0.3) is 0 Å². The molecule has 1 nitrogen and oxygen atoms in total. The number of rotatable bonds is 6. The molecule has 0 aromatic heterocycles. The van der Waals surface area contributed by atoms with Crippen molar-refractivity contribution in [2.24, 2.45) is 0 Å². The number of halogens is 2. The minimum atomic E-state index is 0.575. The summed E-state index contributed by atoms with van der Waals surface area (Å²) >= 11 is 9.50. The zero-order valence-corrected chi connectivity index (χ0v) is 12.3. The van der Waals surface area contributed by atoms with E-state index >= 15 is 0 Å². The molecule has 0 spiro atoms. The van der Waals surface area contributed by atoms with Crippen LogP contribution in [0.3, 0.4) is 0 Å². The van der Waals surface area contributed by atoms with E-state index in [-0.39, 0.29) is 0 Å². The average molecular weight is 305 g/mol. The highest BCUT2D eigenvalue weighted by atomic mass is 79.9. The van der Waals surface area contributed by atoms with E-state index in [1.807, 2.05) is 0 Å². The van der Waals surface area contributed by atoms with Crippen molar-refractivity contribution in [2.45, 2.75) is 32.6 Å². The molecule has 0 amide bonds. The molecule has 0 radical (unpaired) electrons. The molecule has 1 aromatic rings. The molecular formula is C13H19BrClN. The summed E-state index contributed by atoms with van der Waals surface area (Å²) in [6, 6.07) is 6.31. The van der Waals surface area contributed by atoms with Crippen LogP contribution in [0.2, 0.25) is 0 Å². The summed E-state index contributed by atoms with van der Waals surface area (Å²) in [5, 5.41) is 0. The molecule has 0 N–H and O–H groups in total. The molecule has 0 atom stereocenters. The Hall–Kier alpha value is -0.210. The van der Waals surface area contributed by atoms with Crippen LogP contribution in [0.5, 0.6) is 0 Å². The lowest BCUT2D eigenvalue weighted by Crippen LogP contribution is -2.24. The molecule has 0 saturated carbocycles. The molecule has 90 valence electrons. The lowest BCUT2D eigenvalue weighted by Gasteiger charge is -2.25. The Morgan fingerprint density at radius 3 is 2.62 bits per heavy atom. The van der Waals surface area contributed by atoms with Gasteiger partial charge in [-0.05, 0) is 31.0 Å². The Balaban J connectivity index is 2.92. The van der Waals surface area contributed by atoms with Gasteiger partial charge in [-0.15, -0.1) is 11.6 Å². The van der Waals surface area contributed by atoms with Gasteiger partial charge in [0.2, 0.25) is 0 Å². The average Bonchev–Trinajstić information content (AvgIpc) is 2.30. The fourth-order valence-electron chi connectivity index (χ4n) is 1.74. The number of anilines is 1. The molecule has 1 rings (SSSR count). The second-order valence-electron chi connectivity index (χ2n) is 3.84. The van der Waals surface area contributed by atoms with Gasteiger partial charge < -0.3 is 4.90 Å². The first-order valence-corrected chi connectivity index (χ1v) is 7.15. The van der Waals surface area contributed by atoms with Crippen LogP contribution in [0, 0.1) is 0 Å². The van der Waals surface area contributed by atoms with Crippen molar-refractivity contribution in [3.63, 3.8) is 0 Å². The highest BCUT2D eigenvalue weighted by Crippen LogP contribution is 2.26. The van der Waals surface area contributed by atoms with Gasteiger partial charge in [-0.1, -0.05) is 35.3 Å². The van der Waals surface area contributed by atoms with Gasteiger partial charge >= 0.3 is 0 Å². The quantitative estimate of drug-likeness (QED) is 0.681. The normalized spacial score (nSPS) is 10.5. The number of nitrogens with zero attached hydrogens (tertiary/aromatic N) is 1. The number of unbranched alkanes of at least 4 members (excludes halogenated alkanes) is 1. The third-order valence-electron chi connectivity index (χ3n) is 2.70. The van der Waals surface area contributed by atoms with E-state index in [2.05, 4.69) is 52.9 Å². The fourth-order valence-corrected chi connectivity index (χ4v) is 2.32. The third-order valence-corrected chi connectivity index (χ3v) is 3.48. The number of alkyl halides is 1. The maximum atomic E-state index is 5.98. The lowest BCUT2D eigenvalue weighted by molar-refractivity contribution is 0.730.